The minimum Gasteiger partial charge on any atom is -0.391 e. The van der Waals surface area contributed by atoms with Crippen molar-refractivity contribution in [2.24, 2.45) is 11.1 Å². The van der Waals surface area contributed by atoms with Crippen molar-refractivity contribution in [2.45, 2.75) is 32.9 Å². The fourth-order valence-electron chi connectivity index (χ4n) is 1.48. The molecule has 0 unspecified atom stereocenters. The van der Waals surface area contributed by atoms with Gasteiger partial charge in [-0.2, -0.15) is 0 Å². The lowest BCUT2D eigenvalue weighted by atomic mass is 9.82. The van der Waals surface area contributed by atoms with E-state index in [1.807, 2.05) is 20.8 Å². The van der Waals surface area contributed by atoms with E-state index in [0.717, 1.165) is 0 Å². The summed E-state index contributed by atoms with van der Waals surface area (Å²) in [5.74, 6) is -0.411. The molecule has 0 fully saturated rings. The number of aliphatic hydroxyl groups is 1. The highest BCUT2D eigenvalue weighted by Gasteiger charge is 2.30. The van der Waals surface area contributed by atoms with Crippen LogP contribution in [0.3, 0.4) is 0 Å². The maximum Gasteiger partial charge on any atom is 0.124 e. The molecule has 0 amide bonds. The van der Waals surface area contributed by atoms with E-state index in [4.69, 9.17) is 17.3 Å². The molecule has 1 rings (SSSR count). The van der Waals surface area contributed by atoms with Crippen LogP contribution in [0.25, 0.3) is 0 Å². The standard InChI is InChI=1S/C12H17ClFNO.ClH/c1-12(2,3)11(16)10(15)8-5-4-7(14)6-9(8)13;/h4-6,10-11,16H,15H2,1-3H3;1H/t10-,11-;/m1./s1. The van der Waals surface area contributed by atoms with Gasteiger partial charge in [0, 0.05) is 5.02 Å². The first-order valence-corrected chi connectivity index (χ1v) is 5.50. The number of rotatable bonds is 2. The summed E-state index contributed by atoms with van der Waals surface area (Å²) in [5, 5.41) is 10.3. The summed E-state index contributed by atoms with van der Waals surface area (Å²) >= 11 is 5.89. The molecule has 0 heterocycles. The van der Waals surface area contributed by atoms with Crippen molar-refractivity contribution in [3.63, 3.8) is 0 Å². The molecule has 0 saturated carbocycles. The molecule has 0 radical (unpaired) electrons. The number of hydrogen-bond donors (Lipinski definition) is 2. The molecule has 17 heavy (non-hydrogen) atoms. The third kappa shape index (κ3) is 4.11. The molecule has 0 spiro atoms. The van der Waals surface area contributed by atoms with Crippen molar-refractivity contribution < 1.29 is 9.50 Å². The minimum absolute atomic E-state index is 0. The Morgan fingerprint density at radius 1 is 1.35 bits per heavy atom. The lowest BCUT2D eigenvalue weighted by Crippen LogP contribution is -2.37. The molecule has 2 atom stereocenters. The van der Waals surface area contributed by atoms with Crippen molar-refractivity contribution in [3.8, 4) is 0 Å². The van der Waals surface area contributed by atoms with Crippen LogP contribution in [-0.2, 0) is 0 Å². The predicted octanol–water partition coefficient (Wildman–Crippen LogP) is 3.31. The second-order valence-electron chi connectivity index (χ2n) is 5.00. The molecule has 1 aromatic rings. The Hall–Kier alpha value is -0.350. The van der Waals surface area contributed by atoms with Gasteiger partial charge in [0.2, 0.25) is 0 Å². The van der Waals surface area contributed by atoms with Gasteiger partial charge in [0.1, 0.15) is 5.82 Å². The smallest absolute Gasteiger partial charge is 0.124 e. The molecule has 5 heteroatoms. The van der Waals surface area contributed by atoms with Crippen LogP contribution >= 0.6 is 24.0 Å². The number of halogens is 3. The molecule has 98 valence electrons. The average molecular weight is 282 g/mol. The largest absolute Gasteiger partial charge is 0.391 e. The van der Waals surface area contributed by atoms with Gasteiger partial charge in [-0.25, -0.2) is 4.39 Å². The fourth-order valence-corrected chi connectivity index (χ4v) is 1.77. The van der Waals surface area contributed by atoms with E-state index >= 15 is 0 Å². The molecule has 1 aromatic carbocycles. The third-order valence-corrected chi connectivity index (χ3v) is 2.88. The highest BCUT2D eigenvalue weighted by molar-refractivity contribution is 6.31. The number of aliphatic hydroxyl groups excluding tert-OH is 1. The molecular weight excluding hydrogens is 264 g/mol. The van der Waals surface area contributed by atoms with E-state index in [1.54, 1.807) is 0 Å². The predicted molar refractivity (Wildman–Crippen MR) is 71.0 cm³/mol. The molecular formula is C12H18Cl2FNO. The summed E-state index contributed by atoms with van der Waals surface area (Å²) in [5.41, 5.74) is 6.13. The monoisotopic (exact) mass is 281 g/mol. The first kappa shape index (κ1) is 16.6. The lowest BCUT2D eigenvalue weighted by molar-refractivity contribution is 0.0401. The molecule has 0 aromatic heterocycles. The Kier molecular flexibility index (Phi) is 5.88. The van der Waals surface area contributed by atoms with Crippen LogP contribution < -0.4 is 5.73 Å². The zero-order chi connectivity index (χ0) is 12.5. The van der Waals surface area contributed by atoms with E-state index in [9.17, 15) is 9.50 Å². The first-order valence-electron chi connectivity index (χ1n) is 5.12. The van der Waals surface area contributed by atoms with Gasteiger partial charge in [-0.15, -0.1) is 12.4 Å². The first-order chi connectivity index (χ1) is 7.23. The second kappa shape index (κ2) is 6.01. The van der Waals surface area contributed by atoms with Crippen LogP contribution in [0.5, 0.6) is 0 Å². The number of nitrogens with two attached hydrogens (primary N) is 1. The second-order valence-corrected chi connectivity index (χ2v) is 5.41. The molecule has 0 bridgehead atoms. The molecule has 0 aliphatic rings. The summed E-state index contributed by atoms with van der Waals surface area (Å²) in [4.78, 5) is 0. The summed E-state index contributed by atoms with van der Waals surface area (Å²) in [6.07, 6.45) is -0.740. The summed E-state index contributed by atoms with van der Waals surface area (Å²) in [6, 6.07) is 3.38. The summed E-state index contributed by atoms with van der Waals surface area (Å²) in [7, 11) is 0. The van der Waals surface area contributed by atoms with Crippen molar-refractivity contribution in [1.82, 2.24) is 0 Å². The van der Waals surface area contributed by atoms with Crippen LogP contribution in [0, 0.1) is 11.2 Å². The molecule has 3 N–H and O–H groups in total. The van der Waals surface area contributed by atoms with Gasteiger partial charge in [-0.05, 0) is 23.1 Å². The van der Waals surface area contributed by atoms with E-state index < -0.39 is 18.0 Å². The molecule has 0 aliphatic carbocycles. The van der Waals surface area contributed by atoms with Gasteiger partial charge < -0.3 is 10.8 Å². The van der Waals surface area contributed by atoms with Crippen LogP contribution in [0.1, 0.15) is 32.4 Å². The fraction of sp³-hybridized carbons (Fsp3) is 0.500. The zero-order valence-corrected chi connectivity index (χ0v) is 11.6. The third-order valence-electron chi connectivity index (χ3n) is 2.55. The minimum atomic E-state index is -0.740. The maximum atomic E-state index is 12.9. The van der Waals surface area contributed by atoms with Crippen molar-refractivity contribution in [1.29, 1.82) is 0 Å². The quantitative estimate of drug-likeness (QED) is 0.874. The maximum absolute atomic E-state index is 12.9. The molecule has 2 nitrogen and oxygen atoms in total. The Morgan fingerprint density at radius 3 is 2.29 bits per heavy atom. The Balaban J connectivity index is 0.00000256. The van der Waals surface area contributed by atoms with E-state index in [2.05, 4.69) is 0 Å². The van der Waals surface area contributed by atoms with Crippen molar-refractivity contribution in [2.75, 3.05) is 0 Å². The Morgan fingerprint density at radius 2 is 1.88 bits per heavy atom. The van der Waals surface area contributed by atoms with E-state index in [1.165, 1.54) is 18.2 Å². The SMILES string of the molecule is CC(C)(C)[C@H](O)[C@H](N)c1ccc(F)cc1Cl.Cl. The van der Waals surface area contributed by atoms with E-state index in [0.29, 0.717) is 5.56 Å². The highest BCUT2D eigenvalue weighted by Crippen LogP contribution is 2.32. The summed E-state index contributed by atoms with van der Waals surface area (Å²) < 4.78 is 12.9. The van der Waals surface area contributed by atoms with Gasteiger partial charge in [0.25, 0.3) is 0 Å². The average Bonchev–Trinajstić information content (AvgIpc) is 2.14. The molecule has 0 aliphatic heterocycles. The molecule has 0 saturated heterocycles. The number of hydrogen-bond acceptors (Lipinski definition) is 2. The van der Waals surface area contributed by atoms with E-state index in [-0.39, 0.29) is 22.8 Å². The van der Waals surface area contributed by atoms with Crippen LogP contribution in [0.4, 0.5) is 4.39 Å². The Labute approximate surface area is 112 Å². The zero-order valence-electron chi connectivity index (χ0n) is 10.1. The lowest BCUT2D eigenvalue weighted by Gasteiger charge is -2.31. The Bertz CT molecular complexity index is 379. The van der Waals surface area contributed by atoms with Gasteiger partial charge in [-0.3, -0.25) is 0 Å². The highest BCUT2D eigenvalue weighted by atomic mass is 35.5. The van der Waals surface area contributed by atoms with Gasteiger partial charge >= 0.3 is 0 Å². The van der Waals surface area contributed by atoms with Gasteiger partial charge in [-0.1, -0.05) is 38.4 Å². The van der Waals surface area contributed by atoms with Gasteiger partial charge in [0.05, 0.1) is 12.1 Å². The van der Waals surface area contributed by atoms with Gasteiger partial charge in [0.15, 0.2) is 0 Å². The number of benzene rings is 1. The topological polar surface area (TPSA) is 46.2 Å². The van der Waals surface area contributed by atoms with Crippen LogP contribution in [-0.4, -0.2) is 11.2 Å². The summed E-state index contributed by atoms with van der Waals surface area (Å²) in [6.45, 7) is 5.65. The van der Waals surface area contributed by atoms with Crippen molar-refractivity contribution >= 4 is 24.0 Å². The van der Waals surface area contributed by atoms with Crippen LogP contribution in [0.15, 0.2) is 18.2 Å². The normalized spacial score (nSPS) is 15.0. The van der Waals surface area contributed by atoms with Crippen molar-refractivity contribution in [3.05, 3.63) is 34.6 Å². The van der Waals surface area contributed by atoms with Crippen LogP contribution in [0.2, 0.25) is 5.02 Å².